The largest absolute Gasteiger partial charge is 0.500 e. The molecule has 4 N–H and O–H groups in total. The molecule has 0 radical (unpaired) electrons. The fourth-order valence-corrected chi connectivity index (χ4v) is 7.39. The minimum atomic E-state index is 0.0681. The first-order valence-corrected chi connectivity index (χ1v) is 23.9. The summed E-state index contributed by atoms with van der Waals surface area (Å²) in [5.41, 5.74) is 13.0. The van der Waals surface area contributed by atoms with Gasteiger partial charge >= 0.3 is 0 Å². The second-order valence-corrected chi connectivity index (χ2v) is 18.2. The molecule has 4 heterocycles. The smallest absolute Gasteiger partial charge is 0.159 e. The highest BCUT2D eigenvalue weighted by Gasteiger charge is 2.36. The molecule has 8 heteroatoms. The third-order valence-corrected chi connectivity index (χ3v) is 12.5. The SMILES string of the molecule is C1CCCC1.CC/C=C1/Nc2ccc(C)cc2N1C.CC1CNC1.CCCC.CCCCC(CN)C(C)CC.COC1=C(c2cc(C(C)=O)cc(C)n2)C(C)[N+](C)(C)CC1. The molecule has 1 saturated heterocycles. The molecule has 4 aliphatic rings. The summed E-state index contributed by atoms with van der Waals surface area (Å²) in [5, 5.41) is 6.56. The first-order valence-electron chi connectivity index (χ1n) is 23.9. The number of anilines is 2. The number of carbonyl (C=O) groups excluding carboxylic acids is 1. The predicted molar refractivity (Wildman–Crippen MR) is 263 cm³/mol. The van der Waals surface area contributed by atoms with Crippen LogP contribution in [0.1, 0.15) is 173 Å². The van der Waals surface area contributed by atoms with Crippen molar-refractivity contribution >= 4 is 22.7 Å². The quantitative estimate of drug-likeness (QED) is 0.153. The number of aryl methyl sites for hydroxylation is 2. The Labute approximate surface area is 370 Å². The molecule has 1 aliphatic carbocycles. The summed E-state index contributed by atoms with van der Waals surface area (Å²) in [5.74, 6) is 4.78. The van der Waals surface area contributed by atoms with Crippen LogP contribution in [0.5, 0.6) is 0 Å². The monoisotopic (exact) mass is 834 g/mol. The highest BCUT2D eigenvalue weighted by molar-refractivity contribution is 5.95. The average Bonchev–Trinajstić information content (AvgIpc) is 3.91. The van der Waals surface area contributed by atoms with Crippen LogP contribution >= 0.6 is 0 Å². The Hall–Kier alpha value is -3.20. The molecule has 3 unspecified atom stereocenters. The molecule has 3 aliphatic heterocycles. The fourth-order valence-electron chi connectivity index (χ4n) is 7.39. The number of carbonyl (C=O) groups is 1. The Kier molecular flexibility index (Phi) is 27.4. The molecule has 1 aromatic carbocycles. The van der Waals surface area contributed by atoms with E-state index in [1.165, 1.54) is 106 Å². The van der Waals surface area contributed by atoms with Gasteiger partial charge in [0.1, 0.15) is 17.6 Å². The van der Waals surface area contributed by atoms with Gasteiger partial charge in [-0.25, -0.2) is 0 Å². The first-order chi connectivity index (χ1) is 28.5. The van der Waals surface area contributed by atoms with Crippen LogP contribution in [0.2, 0.25) is 0 Å². The van der Waals surface area contributed by atoms with Gasteiger partial charge in [-0.3, -0.25) is 9.78 Å². The lowest BCUT2D eigenvalue weighted by atomic mass is 9.88. The number of allylic oxidation sites excluding steroid dienone is 1. The summed E-state index contributed by atoms with van der Waals surface area (Å²) >= 11 is 0. The number of nitrogens with one attached hydrogen (secondary N) is 2. The molecule has 0 bridgehead atoms. The summed E-state index contributed by atoms with van der Waals surface area (Å²) in [7, 11) is 8.26. The summed E-state index contributed by atoms with van der Waals surface area (Å²) in [6.07, 6.45) is 19.5. The maximum absolute atomic E-state index is 11.7. The molecule has 1 saturated carbocycles. The molecule has 0 amide bonds. The van der Waals surface area contributed by atoms with Gasteiger partial charge in [0.05, 0.1) is 56.8 Å². The van der Waals surface area contributed by atoms with E-state index in [1.54, 1.807) is 14.0 Å². The molecular formula is C52H93N6O2+. The van der Waals surface area contributed by atoms with Crippen LogP contribution in [0, 0.1) is 31.6 Å². The van der Waals surface area contributed by atoms with Crippen LogP contribution in [0.4, 0.5) is 11.4 Å². The molecular weight excluding hydrogens is 741 g/mol. The van der Waals surface area contributed by atoms with E-state index in [1.807, 2.05) is 19.1 Å². The van der Waals surface area contributed by atoms with Crippen molar-refractivity contribution in [1.29, 1.82) is 0 Å². The Balaban J connectivity index is 0.000000399. The minimum absolute atomic E-state index is 0.0681. The summed E-state index contributed by atoms with van der Waals surface area (Å²) < 4.78 is 6.50. The van der Waals surface area contributed by atoms with Gasteiger partial charge in [-0.1, -0.05) is 119 Å². The zero-order valence-corrected chi connectivity index (χ0v) is 41.5. The van der Waals surface area contributed by atoms with Crippen molar-refractivity contribution in [2.24, 2.45) is 23.5 Å². The van der Waals surface area contributed by atoms with E-state index in [0.29, 0.717) is 5.56 Å². The van der Waals surface area contributed by atoms with Gasteiger partial charge in [0.25, 0.3) is 0 Å². The van der Waals surface area contributed by atoms with Crippen molar-refractivity contribution in [3.63, 3.8) is 0 Å². The lowest BCUT2D eigenvalue weighted by molar-refractivity contribution is -0.906. The highest BCUT2D eigenvalue weighted by atomic mass is 16.5. The summed E-state index contributed by atoms with van der Waals surface area (Å²) in [4.78, 5) is 18.6. The van der Waals surface area contributed by atoms with Gasteiger partial charge in [0, 0.05) is 18.3 Å². The number of benzene rings is 1. The van der Waals surface area contributed by atoms with Crippen LogP contribution in [0.15, 0.2) is 48.0 Å². The van der Waals surface area contributed by atoms with Gasteiger partial charge in [0.2, 0.25) is 0 Å². The van der Waals surface area contributed by atoms with E-state index >= 15 is 0 Å². The number of ketones is 1. The number of methoxy groups -OCH3 is 1. The number of hydrogen-bond acceptors (Lipinski definition) is 7. The van der Waals surface area contributed by atoms with Crippen LogP contribution in [-0.4, -0.2) is 75.7 Å². The van der Waals surface area contributed by atoms with Crippen LogP contribution in [0.25, 0.3) is 5.57 Å². The van der Waals surface area contributed by atoms with Crippen LogP contribution < -0.4 is 21.3 Å². The van der Waals surface area contributed by atoms with Crippen molar-refractivity contribution in [2.75, 3.05) is 64.6 Å². The minimum Gasteiger partial charge on any atom is -0.500 e. The van der Waals surface area contributed by atoms with Crippen molar-refractivity contribution in [3.8, 4) is 0 Å². The number of unbranched alkanes of at least 4 members (excludes halogenated alkanes) is 2. The number of likely N-dealkylation sites (N-methyl/N-ethyl adjacent to an activating group) is 1. The summed E-state index contributed by atoms with van der Waals surface area (Å²) in [6, 6.07) is 10.5. The standard InChI is InChI=1S/C17H25N2O2.C12H16N2.C10H23N.C5H10.C4H9N.C4H10/c1-11-9-14(13(3)20)10-15(18-11)17-12(2)19(4,5)8-7-16(17)21-6;1-4-5-12-13-10-7-6-9(2)8-11(10)14(12)3;1-4-6-7-10(8-11)9(3)5-2;1-2-4-5-3-1;1-4-2-5-3-4;1-3-4-2/h9-10,12H,7-8H2,1-6H3;5-8,13H,4H2,1-3H3;9-10H,4-8,11H2,1-3H3;1-5H2;4-5H,2-3H2,1H3;3-4H2,1-2H3/q+1;;;;;/b;12-5-;;;;. The Morgan fingerprint density at radius 1 is 0.983 bits per heavy atom. The number of rotatable bonds is 11. The van der Waals surface area contributed by atoms with Crippen molar-refractivity contribution < 1.29 is 14.0 Å². The highest BCUT2D eigenvalue weighted by Crippen LogP contribution is 2.36. The number of hydrogen-bond donors (Lipinski definition) is 3. The number of aromatic nitrogens is 1. The molecule has 6 rings (SSSR count). The number of Topliss-reactive ketones (excluding diaryl/α,β-unsaturated/α-hetero) is 1. The summed E-state index contributed by atoms with van der Waals surface area (Å²) in [6.45, 7) is 27.8. The number of ether oxygens (including phenoxy) is 1. The number of pyridine rings is 1. The fraction of sp³-hybridized carbons (Fsp3) is 0.692. The number of nitrogens with zero attached hydrogens (tertiary/aromatic N) is 3. The second-order valence-electron chi connectivity index (χ2n) is 18.2. The van der Waals surface area contributed by atoms with E-state index in [-0.39, 0.29) is 11.8 Å². The van der Waals surface area contributed by atoms with E-state index in [2.05, 4.69) is 128 Å². The van der Waals surface area contributed by atoms with Crippen molar-refractivity contribution in [1.82, 2.24) is 10.3 Å². The van der Waals surface area contributed by atoms with Gasteiger partial charge in [0.15, 0.2) is 5.78 Å². The maximum Gasteiger partial charge on any atom is 0.159 e. The first kappa shape index (κ1) is 54.8. The van der Waals surface area contributed by atoms with Crippen molar-refractivity contribution in [2.45, 2.75) is 166 Å². The molecule has 342 valence electrons. The zero-order chi connectivity index (χ0) is 45.3. The maximum atomic E-state index is 11.7. The van der Waals surface area contributed by atoms with Gasteiger partial charge in [-0.15, -0.1) is 0 Å². The van der Waals surface area contributed by atoms with E-state index in [4.69, 9.17) is 10.5 Å². The molecule has 60 heavy (non-hydrogen) atoms. The lowest BCUT2D eigenvalue weighted by Crippen LogP contribution is -2.51. The zero-order valence-electron chi connectivity index (χ0n) is 41.5. The Morgan fingerprint density at radius 3 is 2.03 bits per heavy atom. The van der Waals surface area contributed by atoms with Crippen LogP contribution in [0.3, 0.4) is 0 Å². The van der Waals surface area contributed by atoms with E-state index in [9.17, 15) is 4.79 Å². The third-order valence-electron chi connectivity index (χ3n) is 12.5. The topological polar surface area (TPSA) is 92.5 Å². The molecule has 1 aromatic heterocycles. The normalized spacial score (nSPS) is 19.1. The second kappa shape index (κ2) is 29.9. The van der Waals surface area contributed by atoms with Gasteiger partial charge < -0.3 is 30.5 Å². The van der Waals surface area contributed by atoms with Gasteiger partial charge in [-0.05, 0) is 114 Å². The predicted octanol–water partition coefficient (Wildman–Crippen LogP) is 12.7. The van der Waals surface area contributed by atoms with E-state index < -0.39 is 0 Å². The third kappa shape index (κ3) is 19.2. The number of nitrogens with two attached hydrogens (primary N) is 1. The molecule has 2 aromatic rings. The number of quaternary nitrogens is 1. The van der Waals surface area contributed by atoms with Crippen LogP contribution in [-0.2, 0) is 4.74 Å². The lowest BCUT2D eigenvalue weighted by Gasteiger charge is -2.41. The average molecular weight is 834 g/mol. The van der Waals surface area contributed by atoms with Crippen molar-refractivity contribution in [3.05, 3.63) is 70.5 Å². The Bertz CT molecular complexity index is 1550. The van der Waals surface area contributed by atoms with Gasteiger partial charge in [-0.2, -0.15) is 0 Å². The molecule has 0 spiro atoms. The Morgan fingerprint density at radius 2 is 1.58 bits per heavy atom. The number of fused-ring (bicyclic) bond motifs is 1. The molecule has 3 atom stereocenters. The van der Waals surface area contributed by atoms with E-state index in [0.717, 1.165) is 70.9 Å². The molecule has 8 nitrogen and oxygen atoms in total. The molecule has 2 fully saturated rings.